The molecule has 2 rings (SSSR count). The van der Waals surface area contributed by atoms with Gasteiger partial charge in [0.1, 0.15) is 0 Å². The Morgan fingerprint density at radius 3 is 1.50 bits per heavy atom. The van der Waals surface area contributed by atoms with Crippen molar-refractivity contribution in [1.29, 1.82) is 0 Å². The lowest BCUT2D eigenvalue weighted by molar-refractivity contribution is -0.533. The van der Waals surface area contributed by atoms with Crippen LogP contribution in [0.3, 0.4) is 0 Å². The van der Waals surface area contributed by atoms with Crippen LogP contribution >= 0.6 is 0 Å². The molecule has 5 heteroatoms. The molecule has 0 bridgehead atoms. The van der Waals surface area contributed by atoms with Gasteiger partial charge in [-0.15, -0.1) is 0 Å². The lowest BCUT2D eigenvalue weighted by Gasteiger charge is -2.29. The summed E-state index contributed by atoms with van der Waals surface area (Å²) in [5, 5.41) is 4.79. The molecule has 2 aliphatic rings. The quantitative estimate of drug-likeness (QED) is 0.447. The molecule has 0 radical (unpaired) electrons. The summed E-state index contributed by atoms with van der Waals surface area (Å²) in [7, 11) is 0. The van der Waals surface area contributed by atoms with Crippen LogP contribution in [0.5, 0.6) is 0 Å². The summed E-state index contributed by atoms with van der Waals surface area (Å²) in [4.78, 5) is 0. The highest BCUT2D eigenvalue weighted by Crippen LogP contribution is 2.07. The Balaban J connectivity index is 2.04. The van der Waals surface area contributed by atoms with Crippen molar-refractivity contribution in [3.05, 3.63) is 0 Å². The molecule has 2 heterocycles. The normalized spacial score (nSPS) is 20.6. The second-order valence-electron chi connectivity index (χ2n) is 6.65. The minimum Gasteiger partial charge on any atom is -0.262 e. The van der Waals surface area contributed by atoms with Gasteiger partial charge in [-0.1, -0.05) is 26.7 Å². The minimum absolute atomic E-state index is 1.12. The van der Waals surface area contributed by atoms with Crippen LogP contribution < -0.4 is 10.9 Å². The maximum Gasteiger partial charge on any atom is 0.380 e. The zero-order chi connectivity index (χ0) is 15.6. The third-order valence-corrected chi connectivity index (χ3v) is 4.54. The Morgan fingerprint density at radius 2 is 1.14 bits per heavy atom. The zero-order valence-corrected chi connectivity index (χ0v) is 14.7. The summed E-state index contributed by atoms with van der Waals surface area (Å²) in [5.41, 5.74) is 7.39. The SMILES string of the molecule is CCC[N+](CCC)=C(NN1CCCCC1)NN1CCCCC1. The molecule has 0 aliphatic carbocycles. The minimum atomic E-state index is 1.12. The van der Waals surface area contributed by atoms with Crippen molar-refractivity contribution in [1.82, 2.24) is 20.9 Å². The van der Waals surface area contributed by atoms with Crippen molar-refractivity contribution in [3.63, 3.8) is 0 Å². The van der Waals surface area contributed by atoms with Gasteiger partial charge in [-0.2, -0.15) is 10.0 Å². The molecular weight excluding hydrogens is 274 g/mol. The van der Waals surface area contributed by atoms with Crippen LogP contribution in [0.4, 0.5) is 0 Å². The third kappa shape index (κ3) is 5.76. The number of hydrogen-bond acceptors (Lipinski definition) is 2. The number of hydrogen-bond donors (Lipinski definition) is 2. The molecule has 0 atom stereocenters. The first kappa shape index (κ1) is 17.5. The molecule has 2 fully saturated rings. The maximum atomic E-state index is 3.70. The van der Waals surface area contributed by atoms with E-state index in [0.29, 0.717) is 0 Å². The fourth-order valence-corrected chi connectivity index (χ4v) is 3.35. The molecule has 0 aromatic rings. The highest BCUT2D eigenvalue weighted by Gasteiger charge is 2.22. The van der Waals surface area contributed by atoms with E-state index in [2.05, 4.69) is 39.3 Å². The van der Waals surface area contributed by atoms with Crippen LogP contribution in [0.2, 0.25) is 0 Å². The van der Waals surface area contributed by atoms with Crippen LogP contribution in [-0.2, 0) is 0 Å². The van der Waals surface area contributed by atoms with Crippen LogP contribution in [-0.4, -0.2) is 59.8 Å². The third-order valence-electron chi connectivity index (χ3n) is 4.54. The molecule has 0 unspecified atom stereocenters. The molecule has 2 saturated heterocycles. The molecule has 22 heavy (non-hydrogen) atoms. The van der Waals surface area contributed by atoms with Gasteiger partial charge < -0.3 is 0 Å². The Bertz CT molecular complexity index is 300. The highest BCUT2D eigenvalue weighted by atomic mass is 15.6. The van der Waals surface area contributed by atoms with Crippen molar-refractivity contribution >= 4 is 5.96 Å². The Kier molecular flexibility index (Phi) is 8.02. The Morgan fingerprint density at radius 1 is 0.727 bits per heavy atom. The van der Waals surface area contributed by atoms with Crippen molar-refractivity contribution in [2.75, 3.05) is 39.3 Å². The average Bonchev–Trinajstić information content (AvgIpc) is 2.56. The second-order valence-corrected chi connectivity index (χ2v) is 6.65. The average molecular weight is 311 g/mol. The monoisotopic (exact) mass is 310 g/mol. The number of nitrogens with one attached hydrogen (secondary N) is 2. The van der Waals surface area contributed by atoms with Crippen molar-refractivity contribution in [2.24, 2.45) is 0 Å². The van der Waals surface area contributed by atoms with Gasteiger partial charge in [0, 0.05) is 26.2 Å². The van der Waals surface area contributed by atoms with Gasteiger partial charge in [0.15, 0.2) is 0 Å². The van der Waals surface area contributed by atoms with E-state index in [4.69, 9.17) is 0 Å². The predicted molar refractivity (Wildman–Crippen MR) is 92.7 cm³/mol. The number of guanidine groups is 1. The topological polar surface area (TPSA) is 33.6 Å². The first-order valence-corrected chi connectivity index (χ1v) is 9.48. The number of rotatable bonds is 6. The molecule has 0 aromatic carbocycles. The van der Waals surface area contributed by atoms with Crippen molar-refractivity contribution in [3.8, 4) is 0 Å². The lowest BCUT2D eigenvalue weighted by atomic mass is 10.2. The molecule has 0 spiro atoms. The van der Waals surface area contributed by atoms with Gasteiger partial charge in [0.05, 0.1) is 13.1 Å². The summed E-state index contributed by atoms with van der Waals surface area (Å²) in [6.07, 6.45) is 10.4. The molecule has 0 aromatic heterocycles. The van der Waals surface area contributed by atoms with E-state index in [1.54, 1.807) is 0 Å². The van der Waals surface area contributed by atoms with E-state index >= 15 is 0 Å². The molecule has 128 valence electrons. The number of piperidine rings is 2. The van der Waals surface area contributed by atoms with Gasteiger partial charge >= 0.3 is 5.96 Å². The van der Waals surface area contributed by atoms with Crippen LogP contribution in [0, 0.1) is 0 Å². The zero-order valence-electron chi connectivity index (χ0n) is 14.7. The first-order chi connectivity index (χ1) is 10.8. The van der Waals surface area contributed by atoms with E-state index in [9.17, 15) is 0 Å². The maximum absolute atomic E-state index is 3.70. The van der Waals surface area contributed by atoms with E-state index in [1.807, 2.05) is 0 Å². The van der Waals surface area contributed by atoms with E-state index < -0.39 is 0 Å². The number of nitrogens with zero attached hydrogens (tertiary/aromatic N) is 3. The summed E-state index contributed by atoms with van der Waals surface area (Å²) in [5.74, 6) is 1.20. The lowest BCUT2D eigenvalue weighted by Crippen LogP contribution is -2.59. The molecule has 5 nitrogen and oxygen atoms in total. The van der Waals surface area contributed by atoms with E-state index in [-0.39, 0.29) is 0 Å². The first-order valence-electron chi connectivity index (χ1n) is 9.48. The summed E-state index contributed by atoms with van der Waals surface area (Å²) in [6.45, 7) is 11.4. The van der Waals surface area contributed by atoms with Crippen LogP contribution in [0.1, 0.15) is 65.2 Å². The summed E-state index contributed by atoms with van der Waals surface area (Å²) < 4.78 is 2.49. The molecule has 2 N–H and O–H groups in total. The van der Waals surface area contributed by atoms with Gasteiger partial charge in [0.25, 0.3) is 0 Å². The van der Waals surface area contributed by atoms with Crippen LogP contribution in [0.15, 0.2) is 0 Å². The molecule has 0 saturated carbocycles. The van der Waals surface area contributed by atoms with Crippen LogP contribution in [0.25, 0.3) is 0 Å². The fourth-order valence-electron chi connectivity index (χ4n) is 3.35. The van der Waals surface area contributed by atoms with E-state index in [1.165, 1.54) is 57.3 Å². The number of hydrazine groups is 2. The van der Waals surface area contributed by atoms with Crippen molar-refractivity contribution < 1.29 is 4.58 Å². The van der Waals surface area contributed by atoms with Crippen molar-refractivity contribution in [2.45, 2.75) is 65.2 Å². The Labute approximate surface area is 136 Å². The van der Waals surface area contributed by atoms with Gasteiger partial charge in [-0.3, -0.25) is 4.58 Å². The van der Waals surface area contributed by atoms with Gasteiger partial charge in [0.2, 0.25) is 0 Å². The summed E-state index contributed by atoms with van der Waals surface area (Å²) in [6, 6.07) is 0. The van der Waals surface area contributed by atoms with E-state index in [0.717, 1.165) is 39.3 Å². The second kappa shape index (κ2) is 10.1. The fraction of sp³-hybridized carbons (Fsp3) is 0.941. The largest absolute Gasteiger partial charge is 0.380 e. The highest BCUT2D eigenvalue weighted by molar-refractivity contribution is 5.73. The molecular formula is C17H36N5+. The summed E-state index contributed by atoms with van der Waals surface area (Å²) >= 11 is 0. The van der Waals surface area contributed by atoms with Gasteiger partial charge in [-0.05, 0) is 38.5 Å². The predicted octanol–water partition coefficient (Wildman–Crippen LogP) is 2.16. The molecule has 0 amide bonds. The Hall–Kier alpha value is -0.810. The smallest absolute Gasteiger partial charge is 0.262 e. The standard InChI is InChI=1S/C17H35N5/c1-3-11-20(12-4-2)17(18-21-13-7-5-8-14-21)19-22-15-9-6-10-16-22/h3-16H2,1-2H3,(H,18,19)/p+1. The van der Waals surface area contributed by atoms with Gasteiger partial charge in [-0.25, -0.2) is 10.9 Å². The molecule has 2 aliphatic heterocycles.